The smallest absolute Gasteiger partial charge is 0.134 e. The van der Waals surface area contributed by atoms with Crippen LogP contribution in [0.1, 0.15) is 32.8 Å². The third kappa shape index (κ3) is 4.13. The molecule has 0 aromatic heterocycles. The van der Waals surface area contributed by atoms with Gasteiger partial charge in [0.05, 0.1) is 6.61 Å². The van der Waals surface area contributed by atoms with Gasteiger partial charge in [0, 0.05) is 17.5 Å². The number of nitrogens with zero attached hydrogens (tertiary/aromatic N) is 1. The molecule has 2 nitrogen and oxygen atoms in total. The largest absolute Gasteiger partial charge is 0.492 e. The zero-order valence-corrected chi connectivity index (χ0v) is 16.1. The van der Waals surface area contributed by atoms with E-state index in [0.717, 1.165) is 18.7 Å². The topological polar surface area (TPSA) is 12.5 Å². The molecule has 0 radical (unpaired) electrons. The summed E-state index contributed by atoms with van der Waals surface area (Å²) >= 11 is 0. The van der Waals surface area contributed by atoms with Crippen LogP contribution in [0.2, 0.25) is 0 Å². The molecule has 2 aromatic rings. The number of allylic oxidation sites excluding steroid dienone is 2. The quantitative estimate of drug-likeness (QED) is 0.711. The Morgan fingerprint density at radius 2 is 1.80 bits per heavy atom. The molecule has 0 amide bonds. The zero-order valence-electron chi connectivity index (χ0n) is 16.1. The minimum absolute atomic E-state index is 0.128. The number of hydrogen-bond donors (Lipinski definition) is 0. The molecular formula is C23H29NO. The molecule has 2 aromatic carbocycles. The molecule has 0 saturated heterocycles. The van der Waals surface area contributed by atoms with E-state index < -0.39 is 0 Å². The summed E-state index contributed by atoms with van der Waals surface area (Å²) in [6, 6.07) is 13.0. The van der Waals surface area contributed by atoms with E-state index >= 15 is 0 Å². The van der Waals surface area contributed by atoms with Crippen molar-refractivity contribution in [3.05, 3.63) is 59.7 Å². The van der Waals surface area contributed by atoms with Crippen LogP contribution >= 0.6 is 0 Å². The first-order chi connectivity index (χ1) is 11.8. The Kier molecular flexibility index (Phi) is 5.01. The zero-order chi connectivity index (χ0) is 18.0. The standard InChI is InChI=1S/C23H29NO/c1-23(2,3)16-25-22-20-11-7-6-9-17(20)13-14-21(22)19-12-8-10-18(19)15-24(4)5/h6-11,13-14H,12,15-16H2,1-5H3. The van der Waals surface area contributed by atoms with E-state index in [-0.39, 0.29) is 5.41 Å². The Labute approximate surface area is 151 Å². The highest BCUT2D eigenvalue weighted by Gasteiger charge is 2.20. The molecule has 0 aliphatic heterocycles. The van der Waals surface area contributed by atoms with Crippen molar-refractivity contribution in [3.8, 4) is 5.75 Å². The second-order valence-corrected chi connectivity index (χ2v) is 8.36. The van der Waals surface area contributed by atoms with Crippen LogP contribution in [0, 0.1) is 5.41 Å². The van der Waals surface area contributed by atoms with Crippen LogP contribution in [-0.2, 0) is 0 Å². The maximum absolute atomic E-state index is 6.41. The van der Waals surface area contributed by atoms with E-state index in [0.29, 0.717) is 6.61 Å². The molecule has 0 bridgehead atoms. The molecule has 0 unspecified atom stereocenters. The van der Waals surface area contributed by atoms with Gasteiger partial charge < -0.3 is 9.64 Å². The molecule has 3 rings (SSSR count). The first-order valence-corrected chi connectivity index (χ1v) is 9.03. The molecule has 0 saturated carbocycles. The minimum atomic E-state index is 0.128. The third-order valence-corrected chi connectivity index (χ3v) is 4.37. The van der Waals surface area contributed by atoms with Crippen LogP contribution in [0.3, 0.4) is 0 Å². The van der Waals surface area contributed by atoms with E-state index in [1.165, 1.54) is 27.5 Å². The van der Waals surface area contributed by atoms with Crippen molar-refractivity contribution < 1.29 is 4.74 Å². The molecule has 0 N–H and O–H groups in total. The van der Waals surface area contributed by atoms with E-state index in [2.05, 4.69) is 88.3 Å². The Hall–Kier alpha value is -2.06. The molecule has 1 aliphatic carbocycles. The Morgan fingerprint density at radius 1 is 1.04 bits per heavy atom. The van der Waals surface area contributed by atoms with E-state index in [1.807, 2.05) is 0 Å². The Morgan fingerprint density at radius 3 is 2.52 bits per heavy atom. The van der Waals surface area contributed by atoms with Crippen molar-refractivity contribution in [3.63, 3.8) is 0 Å². The molecule has 132 valence electrons. The van der Waals surface area contributed by atoms with E-state index in [9.17, 15) is 0 Å². The van der Waals surface area contributed by atoms with Crippen LogP contribution in [0.4, 0.5) is 0 Å². The molecular weight excluding hydrogens is 306 g/mol. The van der Waals surface area contributed by atoms with Gasteiger partial charge in [0.1, 0.15) is 5.75 Å². The monoisotopic (exact) mass is 335 g/mol. The summed E-state index contributed by atoms with van der Waals surface area (Å²) in [6.45, 7) is 8.30. The maximum Gasteiger partial charge on any atom is 0.134 e. The van der Waals surface area contributed by atoms with Crippen molar-refractivity contribution in [1.82, 2.24) is 4.90 Å². The second kappa shape index (κ2) is 7.05. The number of hydrogen-bond acceptors (Lipinski definition) is 2. The van der Waals surface area contributed by atoms with E-state index in [4.69, 9.17) is 4.74 Å². The molecule has 25 heavy (non-hydrogen) atoms. The van der Waals surface area contributed by atoms with Gasteiger partial charge in [-0.15, -0.1) is 0 Å². The fourth-order valence-corrected chi connectivity index (χ4v) is 3.25. The molecule has 0 atom stereocenters. The van der Waals surface area contributed by atoms with Gasteiger partial charge in [0.25, 0.3) is 0 Å². The van der Waals surface area contributed by atoms with Crippen molar-refractivity contribution in [2.24, 2.45) is 5.41 Å². The van der Waals surface area contributed by atoms with Gasteiger partial charge in [-0.25, -0.2) is 0 Å². The first-order valence-electron chi connectivity index (χ1n) is 9.03. The second-order valence-electron chi connectivity index (χ2n) is 8.36. The number of rotatable bonds is 5. The summed E-state index contributed by atoms with van der Waals surface area (Å²) in [4.78, 5) is 2.22. The summed E-state index contributed by atoms with van der Waals surface area (Å²) in [5.74, 6) is 1.03. The van der Waals surface area contributed by atoms with Crippen LogP contribution in [-0.4, -0.2) is 32.1 Å². The fourth-order valence-electron chi connectivity index (χ4n) is 3.25. The van der Waals surface area contributed by atoms with E-state index in [1.54, 1.807) is 0 Å². The highest BCUT2D eigenvalue weighted by atomic mass is 16.5. The minimum Gasteiger partial charge on any atom is -0.492 e. The third-order valence-electron chi connectivity index (χ3n) is 4.37. The van der Waals surface area contributed by atoms with Crippen molar-refractivity contribution in [1.29, 1.82) is 0 Å². The molecule has 0 spiro atoms. The normalized spacial score (nSPS) is 14.8. The first kappa shape index (κ1) is 17.8. The molecule has 1 aliphatic rings. The number of likely N-dealkylation sites (N-methyl/N-ethyl adjacent to an activating group) is 1. The molecule has 2 heteroatoms. The summed E-state index contributed by atoms with van der Waals surface area (Å²) in [5, 5.41) is 2.43. The predicted molar refractivity (Wildman–Crippen MR) is 108 cm³/mol. The summed E-state index contributed by atoms with van der Waals surface area (Å²) in [5.41, 5.74) is 4.15. The lowest BCUT2D eigenvalue weighted by Crippen LogP contribution is -2.18. The summed E-state index contributed by atoms with van der Waals surface area (Å²) in [6.07, 6.45) is 5.50. The lowest BCUT2D eigenvalue weighted by Gasteiger charge is -2.23. The Bertz CT molecular complexity index is 822. The predicted octanol–water partition coefficient (Wildman–Crippen LogP) is 5.54. The highest BCUT2D eigenvalue weighted by molar-refractivity contribution is 5.94. The molecule has 0 heterocycles. The van der Waals surface area contributed by atoms with Gasteiger partial charge in [-0.05, 0) is 42.5 Å². The summed E-state index contributed by atoms with van der Waals surface area (Å²) in [7, 11) is 4.24. The van der Waals surface area contributed by atoms with Gasteiger partial charge in [0.2, 0.25) is 0 Å². The number of ether oxygens (including phenoxy) is 1. The van der Waals surface area contributed by atoms with Gasteiger partial charge >= 0.3 is 0 Å². The summed E-state index contributed by atoms with van der Waals surface area (Å²) < 4.78 is 6.41. The number of fused-ring (bicyclic) bond motifs is 1. The van der Waals surface area contributed by atoms with Gasteiger partial charge in [-0.3, -0.25) is 0 Å². The average Bonchev–Trinajstić information content (AvgIpc) is 2.98. The average molecular weight is 335 g/mol. The lowest BCUT2D eigenvalue weighted by molar-refractivity contribution is 0.199. The van der Waals surface area contributed by atoms with Gasteiger partial charge in [-0.2, -0.15) is 0 Å². The Balaban J connectivity index is 2.11. The number of benzene rings is 2. The van der Waals surface area contributed by atoms with Crippen LogP contribution in [0.15, 0.2) is 54.1 Å². The van der Waals surface area contributed by atoms with Gasteiger partial charge in [-0.1, -0.05) is 69.3 Å². The van der Waals surface area contributed by atoms with Crippen molar-refractivity contribution >= 4 is 16.3 Å². The van der Waals surface area contributed by atoms with Crippen molar-refractivity contribution in [2.45, 2.75) is 27.2 Å². The van der Waals surface area contributed by atoms with Crippen LogP contribution in [0.5, 0.6) is 5.75 Å². The SMILES string of the molecule is CN(C)CC1=C(c2ccc3ccccc3c2OCC(C)(C)C)CC=C1. The van der Waals surface area contributed by atoms with Crippen molar-refractivity contribution in [2.75, 3.05) is 27.2 Å². The molecule has 0 fully saturated rings. The fraction of sp³-hybridized carbons (Fsp3) is 0.391. The lowest BCUT2D eigenvalue weighted by atomic mass is 9.95. The highest BCUT2D eigenvalue weighted by Crippen LogP contribution is 2.40. The van der Waals surface area contributed by atoms with Crippen LogP contribution < -0.4 is 4.74 Å². The maximum atomic E-state index is 6.41. The van der Waals surface area contributed by atoms with Crippen LogP contribution in [0.25, 0.3) is 16.3 Å². The van der Waals surface area contributed by atoms with Gasteiger partial charge in [0.15, 0.2) is 0 Å².